The van der Waals surface area contributed by atoms with Crippen molar-refractivity contribution in [3.63, 3.8) is 0 Å². The van der Waals surface area contributed by atoms with Crippen molar-refractivity contribution in [2.24, 2.45) is 5.41 Å². The van der Waals surface area contributed by atoms with Crippen LogP contribution in [0.1, 0.15) is 20.3 Å². The van der Waals surface area contributed by atoms with Crippen LogP contribution in [0, 0.1) is 5.41 Å². The Bertz CT molecular complexity index is 577. The Morgan fingerprint density at radius 2 is 2.05 bits per heavy atom. The predicted octanol–water partition coefficient (Wildman–Crippen LogP) is 3.19. The zero-order valence-corrected chi connectivity index (χ0v) is 13.6. The number of hydrogen-bond donors (Lipinski definition) is 1. The van der Waals surface area contributed by atoms with Crippen LogP contribution < -0.4 is 5.32 Å². The highest BCUT2D eigenvalue weighted by Crippen LogP contribution is 2.64. The molecule has 1 fully saturated rings. The van der Waals surface area contributed by atoms with E-state index in [0.717, 1.165) is 0 Å². The highest BCUT2D eigenvalue weighted by Gasteiger charge is 2.69. The molecule has 8 heteroatoms. The van der Waals surface area contributed by atoms with Gasteiger partial charge >= 0.3 is 5.97 Å². The number of amides is 1. The molecule has 5 nitrogen and oxygen atoms in total. The number of carbonyl (C=O) groups excluding carboxylic acids is 2. The van der Waals surface area contributed by atoms with Crippen LogP contribution in [0.5, 0.6) is 0 Å². The number of esters is 1. The van der Waals surface area contributed by atoms with Crippen LogP contribution in [-0.2, 0) is 14.3 Å². The molecule has 1 heterocycles. The van der Waals surface area contributed by atoms with E-state index >= 15 is 0 Å². The van der Waals surface area contributed by atoms with Crippen LogP contribution in [0.15, 0.2) is 18.3 Å². The molecule has 2 rings (SSSR count). The molecule has 0 spiro atoms. The number of hydrogen-bond acceptors (Lipinski definition) is 4. The molecular weight excluding hydrogens is 339 g/mol. The number of anilines is 1. The lowest BCUT2D eigenvalue weighted by Crippen LogP contribution is -2.33. The van der Waals surface area contributed by atoms with Crippen molar-refractivity contribution in [1.29, 1.82) is 0 Å². The first-order chi connectivity index (χ1) is 9.65. The highest BCUT2D eigenvalue weighted by atomic mass is 35.5. The summed E-state index contributed by atoms with van der Waals surface area (Å²) >= 11 is 17.5. The fraction of sp³-hybridized carbons (Fsp3) is 0.462. The Morgan fingerprint density at radius 1 is 1.43 bits per heavy atom. The molecule has 1 aliphatic rings. The summed E-state index contributed by atoms with van der Waals surface area (Å²) in [6.45, 7) is 3.06. The molecule has 1 aromatic rings. The number of ether oxygens (including phenoxy) is 1. The van der Waals surface area contributed by atoms with E-state index in [4.69, 9.17) is 39.5 Å². The van der Waals surface area contributed by atoms with Crippen LogP contribution in [0.25, 0.3) is 0 Å². The van der Waals surface area contributed by atoms with Gasteiger partial charge in [-0.05, 0) is 26.0 Å². The number of halogens is 3. The lowest BCUT2D eigenvalue weighted by molar-refractivity contribution is -0.158. The quantitative estimate of drug-likeness (QED) is 0.668. The van der Waals surface area contributed by atoms with Gasteiger partial charge in [-0.1, -0.05) is 11.6 Å². The first kappa shape index (κ1) is 16.3. The minimum atomic E-state index is -1.13. The minimum absolute atomic E-state index is 0.301. The van der Waals surface area contributed by atoms with Gasteiger partial charge in [-0.25, -0.2) is 4.98 Å². The monoisotopic (exact) mass is 350 g/mol. The molecule has 1 N–H and O–H groups in total. The second kappa shape index (κ2) is 5.63. The highest BCUT2D eigenvalue weighted by molar-refractivity contribution is 6.53. The first-order valence-electron chi connectivity index (χ1n) is 6.17. The third kappa shape index (κ3) is 3.42. The van der Waals surface area contributed by atoms with Gasteiger partial charge in [-0.3, -0.25) is 9.59 Å². The van der Waals surface area contributed by atoms with Crippen molar-refractivity contribution in [1.82, 2.24) is 4.98 Å². The number of alkyl halides is 2. The molecule has 0 bridgehead atoms. The number of rotatable bonds is 4. The van der Waals surface area contributed by atoms with Crippen molar-refractivity contribution in [3.05, 3.63) is 23.4 Å². The van der Waals surface area contributed by atoms with Crippen molar-refractivity contribution in [3.8, 4) is 0 Å². The Morgan fingerprint density at radius 3 is 2.52 bits per heavy atom. The van der Waals surface area contributed by atoms with E-state index in [2.05, 4.69) is 10.3 Å². The molecular formula is C13H13Cl3N2O3. The molecule has 0 unspecified atom stereocenters. The number of carbonyl (C=O) groups is 2. The summed E-state index contributed by atoms with van der Waals surface area (Å²) < 4.78 is 3.97. The number of pyridine rings is 1. The molecule has 0 aliphatic heterocycles. The fourth-order valence-electron chi connectivity index (χ4n) is 1.64. The molecule has 0 radical (unpaired) electrons. The Labute approximate surface area is 136 Å². The van der Waals surface area contributed by atoms with Crippen molar-refractivity contribution >= 4 is 52.5 Å². The number of nitrogens with one attached hydrogen (secondary N) is 1. The van der Waals surface area contributed by atoms with Crippen LogP contribution in [0.3, 0.4) is 0 Å². The number of aromatic nitrogens is 1. The molecule has 1 saturated carbocycles. The average molecular weight is 352 g/mol. The van der Waals surface area contributed by atoms with Gasteiger partial charge in [0.05, 0.1) is 5.02 Å². The van der Waals surface area contributed by atoms with Crippen molar-refractivity contribution in [2.45, 2.75) is 30.7 Å². The maximum atomic E-state index is 12.0. The van der Waals surface area contributed by atoms with Gasteiger partial charge in [-0.2, -0.15) is 0 Å². The summed E-state index contributed by atoms with van der Waals surface area (Å²) in [6, 6.07) is 3.13. The molecule has 0 saturated heterocycles. The third-order valence-electron chi connectivity index (χ3n) is 3.34. The van der Waals surface area contributed by atoms with E-state index in [0.29, 0.717) is 17.3 Å². The second-order valence-corrected chi connectivity index (χ2v) is 7.03. The molecule has 114 valence electrons. The zero-order chi connectivity index (χ0) is 15.8. The van der Waals surface area contributed by atoms with Gasteiger partial charge in [-0.15, -0.1) is 23.2 Å². The lowest BCUT2D eigenvalue weighted by atomic mass is 10.1. The number of nitrogens with zero attached hydrogens (tertiary/aromatic N) is 1. The minimum Gasteiger partial charge on any atom is -0.452 e. The molecule has 1 aliphatic carbocycles. The van der Waals surface area contributed by atoms with E-state index < -0.39 is 27.7 Å². The van der Waals surface area contributed by atoms with Crippen LogP contribution >= 0.6 is 34.8 Å². The Hall–Kier alpha value is -1.04. The summed E-state index contributed by atoms with van der Waals surface area (Å²) in [5.41, 5.74) is -0.969. The largest absolute Gasteiger partial charge is 0.452 e. The molecule has 0 aromatic carbocycles. The molecule has 1 aromatic heterocycles. The Balaban J connectivity index is 1.91. The van der Waals surface area contributed by atoms with Gasteiger partial charge in [0.1, 0.15) is 15.6 Å². The summed E-state index contributed by atoms with van der Waals surface area (Å²) in [5.74, 6) is -0.787. The zero-order valence-electron chi connectivity index (χ0n) is 11.3. The van der Waals surface area contributed by atoms with Crippen molar-refractivity contribution in [2.75, 3.05) is 5.32 Å². The second-order valence-electron chi connectivity index (χ2n) is 5.11. The molecule has 2 atom stereocenters. The van der Waals surface area contributed by atoms with E-state index in [1.165, 1.54) is 13.1 Å². The molecule has 21 heavy (non-hydrogen) atoms. The fourth-order valence-corrected chi connectivity index (χ4v) is 2.44. The van der Waals surface area contributed by atoms with Crippen LogP contribution in [0.2, 0.25) is 5.02 Å². The predicted molar refractivity (Wildman–Crippen MR) is 80.6 cm³/mol. The van der Waals surface area contributed by atoms with Crippen LogP contribution in [0.4, 0.5) is 5.82 Å². The normalized spacial score (nSPS) is 24.0. The summed E-state index contributed by atoms with van der Waals surface area (Å²) in [6.07, 6.45) is 0.709. The average Bonchev–Trinajstić information content (AvgIpc) is 2.92. The van der Waals surface area contributed by atoms with Gasteiger partial charge in [0.2, 0.25) is 0 Å². The van der Waals surface area contributed by atoms with E-state index in [1.54, 1.807) is 19.1 Å². The smallest absolute Gasteiger partial charge is 0.315 e. The van der Waals surface area contributed by atoms with Gasteiger partial charge < -0.3 is 10.1 Å². The van der Waals surface area contributed by atoms with Gasteiger partial charge in [0, 0.05) is 12.6 Å². The maximum absolute atomic E-state index is 12.0. The van der Waals surface area contributed by atoms with E-state index in [-0.39, 0.29) is 0 Å². The summed E-state index contributed by atoms with van der Waals surface area (Å²) in [5, 5.41) is 2.97. The maximum Gasteiger partial charge on any atom is 0.315 e. The standard InChI is InChI=1S/C13H13Cl3N2O3/c1-7(21-11(20)12(2)6-13(12,15)16)10(19)18-9-4-3-8(14)5-17-9/h3-5,7H,6H2,1-2H3,(H,17,18,19)/t7-,12-/m1/s1. The third-order valence-corrected chi connectivity index (χ3v) is 4.67. The SMILES string of the molecule is C[C@@H](OC(=O)[C@@]1(C)CC1(Cl)Cl)C(=O)Nc1ccc(Cl)cn1. The van der Waals surface area contributed by atoms with E-state index in [9.17, 15) is 9.59 Å². The van der Waals surface area contributed by atoms with E-state index in [1.807, 2.05) is 0 Å². The lowest BCUT2D eigenvalue weighted by Gasteiger charge is -2.17. The topological polar surface area (TPSA) is 68.3 Å². The van der Waals surface area contributed by atoms with Gasteiger partial charge in [0.15, 0.2) is 6.10 Å². The summed E-state index contributed by atoms with van der Waals surface area (Å²) in [4.78, 5) is 27.8. The Kier molecular flexibility index (Phi) is 4.38. The van der Waals surface area contributed by atoms with Crippen LogP contribution in [-0.4, -0.2) is 27.3 Å². The molecule has 1 amide bonds. The van der Waals surface area contributed by atoms with Crippen molar-refractivity contribution < 1.29 is 14.3 Å². The van der Waals surface area contributed by atoms with Gasteiger partial charge in [0.25, 0.3) is 5.91 Å². The first-order valence-corrected chi connectivity index (χ1v) is 7.30. The summed E-state index contributed by atoms with van der Waals surface area (Å²) in [7, 11) is 0.